The third-order valence-electron chi connectivity index (χ3n) is 3.15. The van der Waals surface area contributed by atoms with E-state index in [1.165, 1.54) is 23.4 Å². The lowest BCUT2D eigenvalue weighted by Crippen LogP contribution is -2.33. The quantitative estimate of drug-likeness (QED) is 0.910. The summed E-state index contributed by atoms with van der Waals surface area (Å²) < 4.78 is 38.5. The standard InChI is InChI=1S/C11H10ClF3N2O2/c12-8-3-16-2-1-9(8)17-4-6(10(18)19)7(5-17)11(13,14)15/h1-3,6-7H,4-5H2,(H,18,19)/t6-,7-/m1/s1. The zero-order valence-corrected chi connectivity index (χ0v) is 10.3. The molecule has 0 aliphatic carbocycles. The van der Waals surface area contributed by atoms with E-state index in [9.17, 15) is 18.0 Å². The lowest BCUT2D eigenvalue weighted by Gasteiger charge is -2.20. The highest BCUT2D eigenvalue weighted by Crippen LogP contribution is 2.40. The fraction of sp³-hybridized carbons (Fsp3) is 0.455. The summed E-state index contributed by atoms with van der Waals surface area (Å²) in [7, 11) is 0. The van der Waals surface area contributed by atoms with Gasteiger partial charge in [0.2, 0.25) is 0 Å². The van der Waals surface area contributed by atoms with Gasteiger partial charge in [0.15, 0.2) is 0 Å². The number of hydrogen-bond donors (Lipinski definition) is 1. The Bertz CT molecular complexity index is 495. The highest BCUT2D eigenvalue weighted by molar-refractivity contribution is 6.33. The molecule has 0 amide bonds. The van der Waals surface area contributed by atoms with Crippen molar-refractivity contribution >= 4 is 23.3 Å². The van der Waals surface area contributed by atoms with Gasteiger partial charge in [0.05, 0.1) is 22.5 Å². The molecule has 0 saturated carbocycles. The van der Waals surface area contributed by atoms with E-state index in [0.29, 0.717) is 5.69 Å². The van der Waals surface area contributed by atoms with Crippen LogP contribution in [0, 0.1) is 11.8 Å². The first-order chi connectivity index (χ1) is 8.80. The Hall–Kier alpha value is -1.50. The predicted molar refractivity (Wildman–Crippen MR) is 62.1 cm³/mol. The Balaban J connectivity index is 2.28. The van der Waals surface area contributed by atoms with Crippen molar-refractivity contribution in [1.82, 2.24) is 4.98 Å². The lowest BCUT2D eigenvalue weighted by atomic mass is 9.96. The van der Waals surface area contributed by atoms with Crippen LogP contribution < -0.4 is 4.90 Å². The molecule has 0 spiro atoms. The van der Waals surface area contributed by atoms with Crippen LogP contribution >= 0.6 is 11.6 Å². The molecule has 2 heterocycles. The summed E-state index contributed by atoms with van der Waals surface area (Å²) in [6.07, 6.45) is -1.83. The van der Waals surface area contributed by atoms with Gasteiger partial charge >= 0.3 is 12.1 Å². The van der Waals surface area contributed by atoms with Crippen LogP contribution in [0.1, 0.15) is 0 Å². The monoisotopic (exact) mass is 294 g/mol. The molecule has 1 aliphatic heterocycles. The number of carboxylic acid groups (broad SMARTS) is 1. The highest BCUT2D eigenvalue weighted by Gasteiger charge is 2.52. The number of alkyl halides is 3. The van der Waals surface area contributed by atoms with Crippen LogP contribution in [-0.4, -0.2) is 35.3 Å². The number of halogens is 4. The molecule has 0 bridgehead atoms. The Morgan fingerprint density at radius 2 is 2.16 bits per heavy atom. The maximum Gasteiger partial charge on any atom is 0.394 e. The molecule has 1 saturated heterocycles. The molecule has 1 N–H and O–H groups in total. The van der Waals surface area contributed by atoms with Crippen molar-refractivity contribution in [1.29, 1.82) is 0 Å². The Morgan fingerprint density at radius 3 is 2.63 bits per heavy atom. The average Bonchev–Trinajstić information content (AvgIpc) is 2.74. The van der Waals surface area contributed by atoms with Crippen LogP contribution in [0.15, 0.2) is 18.5 Å². The van der Waals surface area contributed by atoms with E-state index in [0.717, 1.165) is 0 Å². The zero-order valence-electron chi connectivity index (χ0n) is 9.56. The van der Waals surface area contributed by atoms with Gasteiger partial charge in [-0.3, -0.25) is 9.78 Å². The summed E-state index contributed by atoms with van der Waals surface area (Å²) >= 11 is 5.86. The first-order valence-corrected chi connectivity index (χ1v) is 5.82. The molecule has 1 aromatic heterocycles. The van der Waals surface area contributed by atoms with E-state index in [2.05, 4.69) is 4.98 Å². The smallest absolute Gasteiger partial charge is 0.394 e. The van der Waals surface area contributed by atoms with Crippen LogP contribution in [0.4, 0.5) is 18.9 Å². The van der Waals surface area contributed by atoms with Crippen LogP contribution in [0.25, 0.3) is 0 Å². The number of anilines is 1. The lowest BCUT2D eigenvalue weighted by molar-refractivity contribution is -0.187. The number of aromatic nitrogens is 1. The first kappa shape index (κ1) is 13.9. The molecular weight excluding hydrogens is 285 g/mol. The van der Waals surface area contributed by atoms with Crippen molar-refractivity contribution in [3.63, 3.8) is 0 Å². The minimum absolute atomic E-state index is 0.203. The SMILES string of the molecule is O=C(O)[C@@H]1CN(c2ccncc2Cl)C[C@H]1C(F)(F)F. The number of aliphatic carboxylic acids is 1. The van der Waals surface area contributed by atoms with Crippen LogP contribution in [0.2, 0.25) is 5.02 Å². The Labute approximate surface area is 111 Å². The van der Waals surface area contributed by atoms with Gasteiger partial charge in [-0.2, -0.15) is 13.2 Å². The van der Waals surface area contributed by atoms with Gasteiger partial charge < -0.3 is 10.0 Å². The number of nitrogens with zero attached hydrogens (tertiary/aromatic N) is 2. The summed E-state index contributed by atoms with van der Waals surface area (Å²) in [6, 6.07) is 1.47. The zero-order chi connectivity index (χ0) is 14.2. The molecule has 0 aromatic carbocycles. The topological polar surface area (TPSA) is 53.4 Å². The maximum absolute atomic E-state index is 12.8. The largest absolute Gasteiger partial charge is 0.481 e. The van der Waals surface area contributed by atoms with Gasteiger partial charge in [0.1, 0.15) is 0 Å². The first-order valence-electron chi connectivity index (χ1n) is 5.44. The molecule has 4 nitrogen and oxygen atoms in total. The van der Waals surface area contributed by atoms with Crippen LogP contribution in [0.3, 0.4) is 0 Å². The third-order valence-corrected chi connectivity index (χ3v) is 3.44. The molecule has 0 unspecified atom stereocenters. The third kappa shape index (κ3) is 2.75. The molecule has 2 rings (SSSR count). The Morgan fingerprint density at radius 1 is 1.47 bits per heavy atom. The number of rotatable bonds is 2. The normalized spacial score (nSPS) is 23.7. The van der Waals surface area contributed by atoms with Crippen molar-refractivity contribution in [2.45, 2.75) is 6.18 Å². The van der Waals surface area contributed by atoms with Crippen molar-refractivity contribution in [2.75, 3.05) is 18.0 Å². The number of carbonyl (C=O) groups is 1. The summed E-state index contributed by atoms with van der Waals surface area (Å²) in [6.45, 7) is -0.632. The van der Waals surface area contributed by atoms with Crippen LogP contribution in [-0.2, 0) is 4.79 Å². The second kappa shape index (κ2) is 4.88. The van der Waals surface area contributed by atoms with E-state index in [-0.39, 0.29) is 11.6 Å². The number of carboxylic acids is 1. The molecule has 0 radical (unpaired) electrons. The van der Waals surface area contributed by atoms with E-state index in [4.69, 9.17) is 16.7 Å². The van der Waals surface area contributed by atoms with E-state index in [1.54, 1.807) is 0 Å². The molecule has 8 heteroatoms. The van der Waals surface area contributed by atoms with E-state index < -0.39 is 30.5 Å². The van der Waals surface area contributed by atoms with Crippen molar-refractivity contribution in [2.24, 2.45) is 11.8 Å². The molecule has 1 aliphatic rings. The minimum Gasteiger partial charge on any atom is -0.481 e. The average molecular weight is 295 g/mol. The van der Waals surface area contributed by atoms with Gasteiger partial charge in [0, 0.05) is 25.5 Å². The summed E-state index contributed by atoms with van der Waals surface area (Å²) in [5.74, 6) is -4.83. The van der Waals surface area contributed by atoms with Gasteiger partial charge in [-0.15, -0.1) is 0 Å². The Kier molecular flexibility index (Phi) is 3.58. The molecule has 2 atom stereocenters. The van der Waals surface area contributed by atoms with Crippen LogP contribution in [0.5, 0.6) is 0 Å². The summed E-state index contributed by atoms with van der Waals surface area (Å²) in [5.41, 5.74) is 0.370. The second-order valence-corrected chi connectivity index (χ2v) is 4.73. The van der Waals surface area contributed by atoms with Crippen molar-refractivity contribution in [3.05, 3.63) is 23.5 Å². The van der Waals surface area contributed by atoms with Crippen molar-refractivity contribution < 1.29 is 23.1 Å². The van der Waals surface area contributed by atoms with Gasteiger partial charge in [-0.25, -0.2) is 0 Å². The van der Waals surface area contributed by atoms with Gasteiger partial charge in [0.25, 0.3) is 0 Å². The minimum atomic E-state index is -4.54. The number of hydrogen-bond acceptors (Lipinski definition) is 3. The number of pyridine rings is 1. The molecule has 104 valence electrons. The fourth-order valence-corrected chi connectivity index (χ4v) is 2.45. The molecule has 1 fully saturated rings. The fourth-order valence-electron chi connectivity index (χ4n) is 2.21. The molecular formula is C11H10ClF3N2O2. The van der Waals surface area contributed by atoms with Gasteiger partial charge in [-0.05, 0) is 6.07 Å². The molecule has 19 heavy (non-hydrogen) atoms. The second-order valence-electron chi connectivity index (χ2n) is 4.32. The van der Waals surface area contributed by atoms with Crippen molar-refractivity contribution in [3.8, 4) is 0 Å². The summed E-state index contributed by atoms with van der Waals surface area (Å²) in [5, 5.41) is 9.11. The predicted octanol–water partition coefficient (Wildman–Crippen LogP) is 2.43. The summed E-state index contributed by atoms with van der Waals surface area (Å²) in [4.78, 5) is 16.0. The highest BCUT2D eigenvalue weighted by atomic mass is 35.5. The van der Waals surface area contributed by atoms with E-state index >= 15 is 0 Å². The van der Waals surface area contributed by atoms with E-state index in [1.807, 2.05) is 0 Å². The van der Waals surface area contributed by atoms with Gasteiger partial charge in [-0.1, -0.05) is 11.6 Å². The maximum atomic E-state index is 12.8. The molecule has 1 aromatic rings.